The van der Waals surface area contributed by atoms with Gasteiger partial charge in [0.05, 0.1) is 24.4 Å². The highest BCUT2D eigenvalue weighted by atomic mass is 16.5. The minimum Gasteiger partial charge on any atom is -0.453 e. The van der Waals surface area contributed by atoms with Gasteiger partial charge in [0.2, 0.25) is 0 Å². The highest BCUT2D eigenvalue weighted by Gasteiger charge is 2.12. The summed E-state index contributed by atoms with van der Waals surface area (Å²) >= 11 is 0. The molecule has 0 unspecified atom stereocenters. The molecule has 2 heterocycles. The number of para-hydroxylation sites is 1. The van der Waals surface area contributed by atoms with Crippen molar-refractivity contribution in [1.82, 2.24) is 24.6 Å². The lowest BCUT2D eigenvalue weighted by atomic mass is 10.2. The summed E-state index contributed by atoms with van der Waals surface area (Å²) in [6.07, 6.45) is 2.90. The lowest BCUT2D eigenvalue weighted by molar-refractivity contribution is 0.131. The van der Waals surface area contributed by atoms with Crippen molar-refractivity contribution in [3.63, 3.8) is 0 Å². The molecule has 2 aromatic carbocycles. The molecule has 0 saturated heterocycles. The van der Waals surface area contributed by atoms with Crippen molar-refractivity contribution in [2.75, 3.05) is 19.5 Å². The molecule has 0 atom stereocenters. The van der Waals surface area contributed by atoms with E-state index in [9.17, 15) is 4.79 Å². The van der Waals surface area contributed by atoms with Crippen LogP contribution >= 0.6 is 0 Å². The SMILES string of the molecule is COC(=O)N(C)Cc1ccc(Nc2ncnc3c2cnn3-c2ccccc2)cc1. The third-order valence-electron chi connectivity index (χ3n) is 4.49. The normalized spacial score (nSPS) is 10.7. The predicted octanol–water partition coefficient (Wildman–Crippen LogP) is 3.76. The minimum absolute atomic E-state index is 0.369. The van der Waals surface area contributed by atoms with Gasteiger partial charge in [-0.25, -0.2) is 19.4 Å². The number of carbonyl (C=O) groups excluding carboxylic acids is 1. The van der Waals surface area contributed by atoms with Crippen LogP contribution in [0.2, 0.25) is 0 Å². The summed E-state index contributed by atoms with van der Waals surface area (Å²) in [6.45, 7) is 0.467. The standard InChI is InChI=1S/C21H20N6O2/c1-26(21(28)29-2)13-15-8-10-16(11-9-15)25-19-18-12-24-27(20(18)23-14-22-19)17-6-4-3-5-7-17/h3-12,14H,13H2,1-2H3,(H,22,23,25). The van der Waals surface area contributed by atoms with Crippen LogP contribution in [-0.4, -0.2) is 44.9 Å². The van der Waals surface area contributed by atoms with Gasteiger partial charge in [-0.15, -0.1) is 0 Å². The van der Waals surface area contributed by atoms with Crippen molar-refractivity contribution >= 4 is 28.6 Å². The molecular weight excluding hydrogens is 368 g/mol. The van der Waals surface area contributed by atoms with Crippen molar-refractivity contribution in [2.24, 2.45) is 0 Å². The van der Waals surface area contributed by atoms with Crippen molar-refractivity contribution in [3.8, 4) is 5.69 Å². The quantitative estimate of drug-likeness (QED) is 0.560. The summed E-state index contributed by atoms with van der Waals surface area (Å²) in [5, 5.41) is 8.61. The Kier molecular flexibility index (Phi) is 5.07. The Morgan fingerprint density at radius 2 is 1.86 bits per heavy atom. The molecule has 0 fully saturated rings. The highest BCUT2D eigenvalue weighted by molar-refractivity contribution is 5.89. The van der Waals surface area contributed by atoms with Crippen LogP contribution in [0.1, 0.15) is 5.56 Å². The number of amides is 1. The number of nitrogens with zero attached hydrogens (tertiary/aromatic N) is 5. The van der Waals surface area contributed by atoms with E-state index in [1.54, 1.807) is 17.9 Å². The second-order valence-corrected chi connectivity index (χ2v) is 6.50. The molecular formula is C21H20N6O2. The monoisotopic (exact) mass is 388 g/mol. The summed E-state index contributed by atoms with van der Waals surface area (Å²) in [7, 11) is 3.06. The first-order valence-corrected chi connectivity index (χ1v) is 9.05. The molecule has 0 saturated carbocycles. The predicted molar refractivity (Wildman–Crippen MR) is 110 cm³/mol. The molecule has 29 heavy (non-hydrogen) atoms. The number of fused-ring (bicyclic) bond motifs is 1. The van der Waals surface area contributed by atoms with Gasteiger partial charge in [0, 0.05) is 19.3 Å². The average molecular weight is 388 g/mol. The van der Waals surface area contributed by atoms with Gasteiger partial charge in [-0.3, -0.25) is 0 Å². The molecule has 2 aromatic heterocycles. The molecule has 0 aliphatic carbocycles. The summed E-state index contributed by atoms with van der Waals surface area (Å²) in [4.78, 5) is 21.8. The van der Waals surface area contributed by atoms with Gasteiger partial charge in [0.25, 0.3) is 0 Å². The van der Waals surface area contributed by atoms with E-state index in [0.717, 1.165) is 28.0 Å². The maximum Gasteiger partial charge on any atom is 0.409 e. The summed E-state index contributed by atoms with van der Waals surface area (Å²) in [6, 6.07) is 17.6. The van der Waals surface area contributed by atoms with Crippen molar-refractivity contribution < 1.29 is 9.53 Å². The third-order valence-corrected chi connectivity index (χ3v) is 4.49. The van der Waals surface area contributed by atoms with Crippen LogP contribution < -0.4 is 5.32 Å². The number of benzene rings is 2. The zero-order valence-electron chi connectivity index (χ0n) is 16.1. The molecule has 0 bridgehead atoms. The number of methoxy groups -OCH3 is 1. The fraction of sp³-hybridized carbons (Fsp3) is 0.143. The van der Waals surface area contributed by atoms with Gasteiger partial charge in [-0.05, 0) is 29.8 Å². The summed E-state index contributed by atoms with van der Waals surface area (Å²) in [5.74, 6) is 0.677. The first-order chi connectivity index (χ1) is 14.2. The number of hydrogen-bond donors (Lipinski definition) is 1. The number of rotatable bonds is 5. The largest absolute Gasteiger partial charge is 0.453 e. The number of nitrogens with one attached hydrogen (secondary N) is 1. The molecule has 0 aliphatic rings. The summed E-state index contributed by atoms with van der Waals surface area (Å²) in [5.41, 5.74) is 3.53. The fourth-order valence-electron chi connectivity index (χ4n) is 3.03. The Hall–Kier alpha value is -3.94. The molecule has 146 valence electrons. The fourth-order valence-corrected chi connectivity index (χ4v) is 3.03. The van der Waals surface area contributed by atoms with Crippen LogP contribution in [0.25, 0.3) is 16.7 Å². The summed E-state index contributed by atoms with van der Waals surface area (Å²) < 4.78 is 6.50. The van der Waals surface area contributed by atoms with Crippen LogP contribution in [0, 0.1) is 0 Å². The Morgan fingerprint density at radius 3 is 2.59 bits per heavy atom. The van der Waals surface area contributed by atoms with Crippen molar-refractivity contribution in [2.45, 2.75) is 6.54 Å². The smallest absolute Gasteiger partial charge is 0.409 e. The van der Waals surface area contributed by atoms with E-state index in [4.69, 9.17) is 4.74 Å². The van der Waals surface area contributed by atoms with Crippen molar-refractivity contribution in [3.05, 3.63) is 72.7 Å². The molecule has 8 heteroatoms. The molecule has 1 amide bonds. The van der Waals surface area contributed by atoms with Gasteiger partial charge in [-0.1, -0.05) is 30.3 Å². The topological polar surface area (TPSA) is 85.2 Å². The molecule has 0 radical (unpaired) electrons. The zero-order valence-corrected chi connectivity index (χ0v) is 16.1. The first kappa shape index (κ1) is 18.4. The van der Waals surface area contributed by atoms with E-state index in [1.807, 2.05) is 54.6 Å². The Bertz CT molecular complexity index is 1130. The van der Waals surface area contributed by atoms with Gasteiger partial charge < -0.3 is 15.0 Å². The molecule has 0 aliphatic heterocycles. The first-order valence-electron chi connectivity index (χ1n) is 9.05. The van der Waals surface area contributed by atoms with Crippen LogP contribution in [0.3, 0.4) is 0 Å². The van der Waals surface area contributed by atoms with Crippen LogP contribution in [0.15, 0.2) is 67.1 Å². The van der Waals surface area contributed by atoms with Gasteiger partial charge in [-0.2, -0.15) is 5.10 Å². The highest BCUT2D eigenvalue weighted by Crippen LogP contribution is 2.24. The van der Waals surface area contributed by atoms with E-state index >= 15 is 0 Å². The molecule has 4 aromatic rings. The third kappa shape index (κ3) is 3.86. The van der Waals surface area contributed by atoms with Crippen LogP contribution in [0.4, 0.5) is 16.3 Å². The second-order valence-electron chi connectivity index (χ2n) is 6.50. The van der Waals surface area contributed by atoms with E-state index in [0.29, 0.717) is 12.4 Å². The molecule has 4 rings (SSSR count). The van der Waals surface area contributed by atoms with E-state index in [2.05, 4.69) is 20.4 Å². The van der Waals surface area contributed by atoms with Crippen molar-refractivity contribution in [1.29, 1.82) is 0 Å². The van der Waals surface area contributed by atoms with Gasteiger partial charge in [0.15, 0.2) is 5.65 Å². The lowest BCUT2D eigenvalue weighted by Crippen LogP contribution is -2.25. The number of anilines is 2. The minimum atomic E-state index is -0.369. The second kappa shape index (κ2) is 7.97. The maximum atomic E-state index is 11.5. The number of ether oxygens (including phenoxy) is 1. The molecule has 0 spiro atoms. The van der Waals surface area contributed by atoms with Crippen LogP contribution in [0.5, 0.6) is 0 Å². The maximum absolute atomic E-state index is 11.5. The molecule has 8 nitrogen and oxygen atoms in total. The average Bonchev–Trinajstić information content (AvgIpc) is 3.20. The van der Waals surface area contributed by atoms with E-state index in [-0.39, 0.29) is 6.09 Å². The number of hydrogen-bond acceptors (Lipinski definition) is 6. The zero-order chi connectivity index (χ0) is 20.2. The number of aromatic nitrogens is 4. The van der Waals surface area contributed by atoms with Gasteiger partial charge in [0.1, 0.15) is 12.1 Å². The van der Waals surface area contributed by atoms with Gasteiger partial charge >= 0.3 is 6.09 Å². The Balaban J connectivity index is 1.55. The molecule has 1 N–H and O–H groups in total. The van der Waals surface area contributed by atoms with E-state index < -0.39 is 0 Å². The lowest BCUT2D eigenvalue weighted by Gasteiger charge is -2.15. The number of carbonyl (C=O) groups is 1. The Labute approximate surface area is 167 Å². The van der Waals surface area contributed by atoms with Crippen LogP contribution in [-0.2, 0) is 11.3 Å². The van der Waals surface area contributed by atoms with E-state index in [1.165, 1.54) is 18.3 Å². The Morgan fingerprint density at radius 1 is 1.10 bits per heavy atom.